The average molecular weight is 895 g/mol. The van der Waals surface area contributed by atoms with Gasteiger partial charge in [-0.25, -0.2) is 0 Å². The Morgan fingerprint density at radius 1 is 0.673 bits per heavy atom. The zero-order valence-electron chi connectivity index (χ0n) is 31.4. The van der Waals surface area contributed by atoms with Crippen LogP contribution in [-0.2, 0) is 12.4 Å². The fourth-order valence-electron chi connectivity index (χ4n) is 6.09. The Labute approximate surface area is 356 Å². The molecule has 2 saturated heterocycles. The molecule has 2 aromatic heterocycles. The molecule has 6 rings (SSSR count). The smallest absolute Gasteiger partial charge is 1.00 e. The molecule has 4 aromatic rings. The third-order valence-electron chi connectivity index (χ3n) is 8.80. The molecule has 2 aliphatic heterocycles. The molecule has 0 unspecified atom stereocenters. The van der Waals surface area contributed by atoms with Gasteiger partial charge in [0.1, 0.15) is 0 Å². The normalized spacial score (nSPS) is 14.1. The van der Waals surface area contributed by atoms with Crippen LogP contribution in [0.4, 0.5) is 49.1 Å². The van der Waals surface area contributed by atoms with Crippen LogP contribution in [0.2, 0.25) is 0 Å². The SMILES string of the molecule is C.CI.CN(C(=O)c1ccncc1)c1cc(C(F)(F)F)ccc1N1CCCCC1.O=C(Nc1cc(C(F)(F)F)ccc1N1CCCCC1)c1ccncc1.[H-].[Na+]. The Balaban J connectivity index is 0.000000510. The summed E-state index contributed by atoms with van der Waals surface area (Å²) < 4.78 is 78.8. The minimum absolute atomic E-state index is 0. The van der Waals surface area contributed by atoms with E-state index in [1.54, 1.807) is 12.1 Å². The number of anilines is 4. The number of hydrogen-bond acceptors (Lipinski definition) is 6. The summed E-state index contributed by atoms with van der Waals surface area (Å²) in [6.07, 6.45) is 3.14. The zero-order valence-corrected chi connectivity index (χ0v) is 34.5. The van der Waals surface area contributed by atoms with E-state index in [1.807, 2.05) is 9.83 Å². The summed E-state index contributed by atoms with van der Waals surface area (Å²) in [6, 6.07) is 13.2. The minimum atomic E-state index is -4.46. The molecule has 0 bridgehead atoms. The van der Waals surface area contributed by atoms with Crippen molar-refractivity contribution in [2.24, 2.45) is 0 Å². The van der Waals surface area contributed by atoms with Crippen molar-refractivity contribution in [3.8, 4) is 0 Å². The van der Waals surface area contributed by atoms with Gasteiger partial charge in [-0.3, -0.25) is 19.6 Å². The number of alkyl halides is 7. The molecule has 0 atom stereocenters. The second-order valence-corrected chi connectivity index (χ2v) is 12.3. The van der Waals surface area contributed by atoms with Crippen molar-refractivity contribution in [2.45, 2.75) is 58.3 Å². The number of halogens is 7. The summed E-state index contributed by atoms with van der Waals surface area (Å²) >= 11 is 2.15. The molecule has 0 saturated carbocycles. The Hall–Kier alpha value is -3.41. The first-order valence-electron chi connectivity index (χ1n) is 17.0. The van der Waals surface area contributed by atoms with Crippen molar-refractivity contribution in [2.75, 3.05) is 58.2 Å². The summed E-state index contributed by atoms with van der Waals surface area (Å²) in [4.78, 5) is 40.1. The maximum absolute atomic E-state index is 13.2. The van der Waals surface area contributed by atoms with Crippen molar-refractivity contribution >= 4 is 57.2 Å². The molecule has 4 heterocycles. The van der Waals surface area contributed by atoms with Crippen LogP contribution >= 0.6 is 22.6 Å². The van der Waals surface area contributed by atoms with Gasteiger partial charge in [-0.2, -0.15) is 26.3 Å². The molecule has 55 heavy (non-hydrogen) atoms. The number of nitrogens with zero attached hydrogens (tertiary/aromatic N) is 5. The average Bonchev–Trinajstić information content (AvgIpc) is 3.18. The summed E-state index contributed by atoms with van der Waals surface area (Å²) in [7, 11) is 1.51. The predicted molar refractivity (Wildman–Crippen MR) is 212 cm³/mol. The largest absolute Gasteiger partial charge is 1.00 e. The van der Waals surface area contributed by atoms with E-state index in [0.717, 1.165) is 89.0 Å². The van der Waals surface area contributed by atoms with Gasteiger partial charge in [-0.15, -0.1) is 0 Å². The number of hydrogen-bond donors (Lipinski definition) is 1. The topological polar surface area (TPSA) is 81.7 Å². The number of pyridine rings is 2. The second-order valence-electron chi connectivity index (χ2n) is 12.3. The molecule has 2 aromatic carbocycles. The predicted octanol–water partition coefficient (Wildman–Crippen LogP) is 7.51. The molecule has 294 valence electrons. The maximum Gasteiger partial charge on any atom is 1.00 e. The van der Waals surface area contributed by atoms with Gasteiger partial charge in [-0.1, -0.05) is 30.0 Å². The van der Waals surface area contributed by atoms with Crippen LogP contribution in [0.15, 0.2) is 85.5 Å². The molecule has 0 aliphatic carbocycles. The van der Waals surface area contributed by atoms with E-state index in [9.17, 15) is 35.9 Å². The van der Waals surface area contributed by atoms with Crippen molar-refractivity contribution in [1.82, 2.24) is 9.97 Å². The maximum atomic E-state index is 13.2. The van der Waals surface area contributed by atoms with Gasteiger partial charge in [0.15, 0.2) is 0 Å². The number of carbonyl (C=O) groups is 2. The number of amides is 2. The number of piperidine rings is 2. The number of aromatic nitrogens is 2. The quantitative estimate of drug-likeness (QED) is 0.0935. The first-order valence-corrected chi connectivity index (χ1v) is 19.2. The first kappa shape index (κ1) is 47.7. The fourth-order valence-corrected chi connectivity index (χ4v) is 6.09. The second kappa shape index (κ2) is 22.4. The molecule has 2 aliphatic rings. The van der Waals surface area contributed by atoms with Crippen molar-refractivity contribution in [3.05, 3.63) is 108 Å². The van der Waals surface area contributed by atoms with Crippen molar-refractivity contribution in [3.63, 3.8) is 0 Å². The van der Waals surface area contributed by atoms with Gasteiger partial charge in [0.2, 0.25) is 0 Å². The number of carbonyl (C=O) groups excluding carboxylic acids is 2. The van der Waals surface area contributed by atoms with Gasteiger partial charge >= 0.3 is 41.9 Å². The minimum Gasteiger partial charge on any atom is -1.00 e. The number of rotatable bonds is 6. The molecule has 2 amide bonds. The Morgan fingerprint density at radius 3 is 1.56 bits per heavy atom. The van der Waals surface area contributed by atoms with E-state index < -0.39 is 29.4 Å². The van der Waals surface area contributed by atoms with Crippen LogP contribution in [0, 0.1) is 0 Å². The van der Waals surface area contributed by atoms with Gasteiger partial charge in [0.25, 0.3) is 11.8 Å². The van der Waals surface area contributed by atoms with Gasteiger partial charge in [0.05, 0.1) is 33.9 Å². The summed E-state index contributed by atoms with van der Waals surface area (Å²) in [5.41, 5.74) is 0.905. The molecule has 1 N–H and O–H groups in total. The zero-order chi connectivity index (χ0) is 38.6. The van der Waals surface area contributed by atoms with Crippen LogP contribution in [0.3, 0.4) is 0 Å². The Morgan fingerprint density at radius 2 is 1.09 bits per heavy atom. The van der Waals surface area contributed by atoms with Crippen molar-refractivity contribution in [1.29, 1.82) is 0 Å². The third-order valence-corrected chi connectivity index (χ3v) is 8.80. The van der Waals surface area contributed by atoms with Gasteiger partial charge in [-0.05, 0) is 104 Å². The van der Waals surface area contributed by atoms with Gasteiger partial charge in [0, 0.05) is 69.1 Å². The third kappa shape index (κ3) is 13.3. The molecule has 8 nitrogen and oxygen atoms in total. The fraction of sp³-hybridized carbons (Fsp3) is 0.385. The first-order chi connectivity index (χ1) is 25.3. The standard InChI is InChI=1S/C19H20F3N3O.C18H18F3N3O.CH3I.CH4.Na.H/c1-24(18(26)14-7-9-23-10-8-14)17-13-15(19(20,21)22)5-6-16(17)25-11-3-2-4-12-25;19-18(20,21)14-4-5-16(24-10-2-1-3-11-24)15(12-14)23-17(25)13-6-8-22-9-7-13;1-2;;;/h5-10,13H,2-4,11-12H2,1H3;4-9,12H,1-3,10-11H2,(H,23,25);1H3;1H4;;/q;;;;+1;-1. The Kier molecular flexibility index (Phi) is 19.4. The van der Waals surface area contributed by atoms with E-state index in [2.05, 4.69) is 42.8 Å². The van der Waals surface area contributed by atoms with Crippen LogP contribution in [0.25, 0.3) is 0 Å². The van der Waals surface area contributed by atoms with Crippen LogP contribution < -0.4 is 49.6 Å². The molecule has 0 spiro atoms. The number of benzene rings is 2. The van der Waals surface area contributed by atoms with Gasteiger partial charge < -0.3 is 21.4 Å². The molecular formula is C39H46F6IN6NaO2. The monoisotopic (exact) mass is 894 g/mol. The van der Waals surface area contributed by atoms with E-state index >= 15 is 0 Å². The van der Waals surface area contributed by atoms with E-state index in [4.69, 9.17) is 0 Å². The summed E-state index contributed by atoms with van der Waals surface area (Å²) in [6.45, 7) is 3.08. The van der Waals surface area contributed by atoms with Crippen molar-refractivity contribution < 1.29 is 66.9 Å². The molecule has 0 radical (unpaired) electrons. The molecular weight excluding hydrogens is 848 g/mol. The number of nitrogens with one attached hydrogen (secondary N) is 1. The molecule has 16 heteroatoms. The van der Waals surface area contributed by atoms with E-state index in [0.29, 0.717) is 22.5 Å². The van der Waals surface area contributed by atoms with Crippen LogP contribution in [0.5, 0.6) is 0 Å². The molecule has 2 fully saturated rings. The van der Waals surface area contributed by atoms with Crippen LogP contribution in [-0.4, -0.2) is 59.9 Å². The summed E-state index contributed by atoms with van der Waals surface area (Å²) in [5, 5.41) is 2.63. The van der Waals surface area contributed by atoms with E-state index in [-0.39, 0.29) is 55.7 Å². The summed E-state index contributed by atoms with van der Waals surface area (Å²) in [5.74, 6) is -0.829. The Bertz CT molecular complexity index is 1800. The van der Waals surface area contributed by atoms with E-state index in [1.165, 1.54) is 61.0 Å². The van der Waals surface area contributed by atoms with Crippen LogP contribution in [0.1, 0.15) is 79.2 Å².